The molecule has 1 fully saturated rings. The van der Waals surface area contributed by atoms with Crippen LogP contribution in [0.2, 0.25) is 0 Å². The Labute approximate surface area is 162 Å². The fourth-order valence-electron chi connectivity index (χ4n) is 3.77. The molecule has 0 unspecified atom stereocenters. The summed E-state index contributed by atoms with van der Waals surface area (Å²) in [4.78, 5) is 6.92. The number of rotatable bonds is 7. The van der Waals surface area contributed by atoms with E-state index in [-0.39, 0.29) is 0 Å². The molecule has 3 heteroatoms. The monoisotopic (exact) mass is 357 g/mol. The summed E-state index contributed by atoms with van der Waals surface area (Å²) in [6.45, 7) is 5.18. The Kier molecular flexibility index (Phi) is 5.92. The molecule has 3 nitrogen and oxygen atoms in total. The van der Waals surface area contributed by atoms with E-state index >= 15 is 0 Å². The van der Waals surface area contributed by atoms with Crippen molar-refractivity contribution in [1.82, 2.24) is 15.2 Å². The van der Waals surface area contributed by atoms with Crippen LogP contribution in [0.4, 0.5) is 0 Å². The van der Waals surface area contributed by atoms with Crippen LogP contribution in [-0.2, 0) is 19.6 Å². The van der Waals surface area contributed by atoms with Crippen LogP contribution in [0.3, 0.4) is 0 Å². The van der Waals surface area contributed by atoms with Crippen molar-refractivity contribution in [2.75, 3.05) is 13.1 Å². The van der Waals surface area contributed by atoms with Gasteiger partial charge in [0.15, 0.2) is 0 Å². The van der Waals surface area contributed by atoms with E-state index in [0.29, 0.717) is 0 Å². The first-order chi connectivity index (χ1) is 13.4. The third-order valence-corrected chi connectivity index (χ3v) is 5.23. The standard InChI is InChI=1S/C24H27N3/c1-2-9-24(22(7-1)17-25-18-23-8-3-4-14-26-23)21-12-10-20(11-13-21)19-27-15-5-6-16-27/h1-4,7-14,25H,5-6,15-19H2. The van der Waals surface area contributed by atoms with Crippen LogP contribution in [-0.4, -0.2) is 23.0 Å². The average Bonchev–Trinajstić information content (AvgIpc) is 3.23. The second kappa shape index (κ2) is 8.94. The van der Waals surface area contributed by atoms with Gasteiger partial charge in [0.05, 0.1) is 5.69 Å². The van der Waals surface area contributed by atoms with Crippen molar-refractivity contribution >= 4 is 0 Å². The first-order valence-corrected chi connectivity index (χ1v) is 9.89. The van der Waals surface area contributed by atoms with E-state index < -0.39 is 0 Å². The summed E-state index contributed by atoms with van der Waals surface area (Å²) in [5.74, 6) is 0. The minimum absolute atomic E-state index is 0.782. The van der Waals surface area contributed by atoms with Gasteiger partial charge in [0.1, 0.15) is 0 Å². The Hall–Kier alpha value is -2.49. The second-order valence-electron chi connectivity index (χ2n) is 7.26. The maximum Gasteiger partial charge on any atom is 0.0541 e. The molecule has 0 aliphatic carbocycles. The molecule has 0 saturated carbocycles. The SMILES string of the molecule is c1ccc(CNCc2ccccc2-c2ccc(CN3CCCC3)cc2)nc1. The third kappa shape index (κ3) is 4.82. The predicted octanol–water partition coefficient (Wildman–Crippen LogP) is 4.63. The Morgan fingerprint density at radius 2 is 1.59 bits per heavy atom. The summed E-state index contributed by atoms with van der Waals surface area (Å²) >= 11 is 0. The number of nitrogens with zero attached hydrogens (tertiary/aromatic N) is 2. The molecule has 0 radical (unpaired) electrons. The summed E-state index contributed by atoms with van der Waals surface area (Å²) in [6.07, 6.45) is 4.53. The molecule has 138 valence electrons. The molecule has 4 rings (SSSR count). The highest BCUT2D eigenvalue weighted by Gasteiger charge is 2.12. The molecule has 27 heavy (non-hydrogen) atoms. The highest BCUT2D eigenvalue weighted by molar-refractivity contribution is 5.67. The maximum atomic E-state index is 4.38. The third-order valence-electron chi connectivity index (χ3n) is 5.23. The van der Waals surface area contributed by atoms with E-state index in [1.54, 1.807) is 0 Å². The van der Waals surface area contributed by atoms with Crippen molar-refractivity contribution in [1.29, 1.82) is 0 Å². The molecular formula is C24H27N3. The molecule has 1 saturated heterocycles. The number of nitrogens with one attached hydrogen (secondary N) is 1. The van der Waals surface area contributed by atoms with Gasteiger partial charge in [0, 0.05) is 25.8 Å². The highest BCUT2D eigenvalue weighted by atomic mass is 15.1. The summed E-state index contributed by atoms with van der Waals surface area (Å²) in [6, 6.07) is 23.8. The minimum atomic E-state index is 0.782. The first kappa shape index (κ1) is 17.9. The Balaban J connectivity index is 1.42. The Bertz CT molecular complexity index is 837. The van der Waals surface area contributed by atoms with Gasteiger partial charge < -0.3 is 5.32 Å². The summed E-state index contributed by atoms with van der Waals surface area (Å²) in [7, 11) is 0. The van der Waals surface area contributed by atoms with E-state index in [0.717, 1.165) is 25.3 Å². The molecule has 1 N–H and O–H groups in total. The van der Waals surface area contributed by atoms with Gasteiger partial charge >= 0.3 is 0 Å². The maximum absolute atomic E-state index is 4.38. The molecule has 1 aliphatic heterocycles. The van der Waals surface area contributed by atoms with E-state index in [4.69, 9.17) is 0 Å². The smallest absolute Gasteiger partial charge is 0.0541 e. The van der Waals surface area contributed by atoms with Crippen molar-refractivity contribution < 1.29 is 0 Å². The highest BCUT2D eigenvalue weighted by Crippen LogP contribution is 2.25. The van der Waals surface area contributed by atoms with Crippen LogP contribution in [0, 0.1) is 0 Å². The minimum Gasteiger partial charge on any atom is -0.307 e. The van der Waals surface area contributed by atoms with Crippen LogP contribution >= 0.6 is 0 Å². The fraction of sp³-hybridized carbons (Fsp3) is 0.292. The number of aromatic nitrogens is 1. The normalized spacial score (nSPS) is 14.5. The molecule has 0 amide bonds. The van der Waals surface area contributed by atoms with Crippen LogP contribution in [0.25, 0.3) is 11.1 Å². The van der Waals surface area contributed by atoms with Crippen molar-refractivity contribution in [3.8, 4) is 11.1 Å². The van der Waals surface area contributed by atoms with E-state index in [1.165, 1.54) is 48.2 Å². The number of benzene rings is 2. The molecule has 3 aromatic rings. The van der Waals surface area contributed by atoms with Crippen LogP contribution in [0.5, 0.6) is 0 Å². The summed E-state index contributed by atoms with van der Waals surface area (Å²) < 4.78 is 0. The van der Waals surface area contributed by atoms with Crippen molar-refractivity contribution in [2.24, 2.45) is 0 Å². The van der Waals surface area contributed by atoms with Crippen LogP contribution in [0.15, 0.2) is 72.9 Å². The zero-order valence-electron chi connectivity index (χ0n) is 15.8. The lowest BCUT2D eigenvalue weighted by atomic mass is 9.98. The number of likely N-dealkylation sites (tertiary alicyclic amines) is 1. The van der Waals surface area contributed by atoms with Crippen LogP contribution < -0.4 is 5.32 Å². The van der Waals surface area contributed by atoms with Crippen LogP contribution in [0.1, 0.15) is 29.7 Å². The average molecular weight is 358 g/mol. The van der Waals surface area contributed by atoms with Gasteiger partial charge in [-0.1, -0.05) is 54.6 Å². The van der Waals surface area contributed by atoms with Crippen molar-refractivity contribution in [2.45, 2.75) is 32.5 Å². The zero-order valence-corrected chi connectivity index (χ0v) is 15.8. The molecule has 0 atom stereocenters. The molecule has 1 aromatic heterocycles. The van der Waals surface area contributed by atoms with Gasteiger partial charge in [0.25, 0.3) is 0 Å². The Morgan fingerprint density at radius 1 is 0.815 bits per heavy atom. The zero-order chi connectivity index (χ0) is 18.3. The summed E-state index contributed by atoms with van der Waals surface area (Å²) in [5.41, 5.74) is 6.39. The summed E-state index contributed by atoms with van der Waals surface area (Å²) in [5, 5.41) is 3.52. The molecule has 1 aliphatic rings. The topological polar surface area (TPSA) is 28.2 Å². The number of hydrogen-bond donors (Lipinski definition) is 1. The number of hydrogen-bond acceptors (Lipinski definition) is 3. The van der Waals surface area contributed by atoms with Crippen molar-refractivity contribution in [3.63, 3.8) is 0 Å². The van der Waals surface area contributed by atoms with E-state index in [9.17, 15) is 0 Å². The quantitative estimate of drug-likeness (QED) is 0.668. The van der Waals surface area contributed by atoms with E-state index in [2.05, 4.69) is 69.8 Å². The predicted molar refractivity (Wildman–Crippen MR) is 111 cm³/mol. The largest absolute Gasteiger partial charge is 0.307 e. The first-order valence-electron chi connectivity index (χ1n) is 9.89. The van der Waals surface area contributed by atoms with Gasteiger partial charge in [-0.25, -0.2) is 0 Å². The van der Waals surface area contributed by atoms with E-state index in [1.807, 2.05) is 18.3 Å². The molecule has 2 aromatic carbocycles. The lowest BCUT2D eigenvalue weighted by Crippen LogP contribution is -2.18. The molecular weight excluding hydrogens is 330 g/mol. The van der Waals surface area contributed by atoms with Gasteiger partial charge in [0.2, 0.25) is 0 Å². The van der Waals surface area contributed by atoms with Gasteiger partial charge in [-0.2, -0.15) is 0 Å². The second-order valence-corrected chi connectivity index (χ2v) is 7.26. The molecule has 0 spiro atoms. The van der Waals surface area contributed by atoms with Gasteiger partial charge in [-0.15, -0.1) is 0 Å². The van der Waals surface area contributed by atoms with Crippen molar-refractivity contribution in [3.05, 3.63) is 89.7 Å². The number of pyridine rings is 1. The lowest BCUT2D eigenvalue weighted by molar-refractivity contribution is 0.331. The molecule has 2 heterocycles. The Morgan fingerprint density at radius 3 is 2.37 bits per heavy atom. The fourth-order valence-corrected chi connectivity index (χ4v) is 3.77. The lowest BCUT2D eigenvalue weighted by Gasteiger charge is -2.15. The molecule has 0 bridgehead atoms. The van der Waals surface area contributed by atoms with Gasteiger partial charge in [-0.3, -0.25) is 9.88 Å². The van der Waals surface area contributed by atoms with Gasteiger partial charge in [-0.05, 0) is 60.3 Å².